The predicted octanol–water partition coefficient (Wildman–Crippen LogP) is 6.00. The summed E-state index contributed by atoms with van der Waals surface area (Å²) in [6.45, 7) is 1.88. The van der Waals surface area contributed by atoms with E-state index in [1.165, 1.54) is 12.4 Å². The molecule has 0 radical (unpaired) electrons. The second kappa shape index (κ2) is 9.97. The first-order valence-electron chi connectivity index (χ1n) is 13.4. The number of aromatic amines is 1. The largest absolute Gasteiger partial charge is 0.361 e. The molecule has 0 bridgehead atoms. The number of rotatable bonds is 5. The first kappa shape index (κ1) is 25.7. The molecule has 0 saturated heterocycles. The molecule has 206 valence electrons. The summed E-state index contributed by atoms with van der Waals surface area (Å²) < 4.78 is 3.59. The van der Waals surface area contributed by atoms with E-state index in [-0.39, 0.29) is 11.0 Å². The number of hydrogen-bond donors (Lipinski definition) is 2. The summed E-state index contributed by atoms with van der Waals surface area (Å²) in [7, 11) is 1.95. The van der Waals surface area contributed by atoms with E-state index in [1.807, 2.05) is 85.3 Å². The van der Waals surface area contributed by atoms with E-state index in [2.05, 4.69) is 25.3 Å². The number of benzene rings is 3. The standard InChI is InChI=1S/C32H24ClN7O2/c1-18(38-31-27-25(41)13-14-34-30(27)35-16-36-31)29-28(33)22-10-6-9-21(19-11-12-24-23(15-19)37-17-39(24)2)26(22)32(42)40(29)20-7-4-3-5-8-20/h3-18H,1-2H3,(H2,34,35,36,38,41)/t18-/m0/s1. The van der Waals surface area contributed by atoms with E-state index >= 15 is 0 Å². The van der Waals surface area contributed by atoms with Crippen LogP contribution in [0, 0.1) is 0 Å². The normalized spacial score (nSPS) is 12.3. The van der Waals surface area contributed by atoms with Gasteiger partial charge < -0.3 is 14.9 Å². The number of hydrogen-bond acceptors (Lipinski definition) is 6. The van der Waals surface area contributed by atoms with Crippen LogP contribution in [0.2, 0.25) is 5.02 Å². The Morgan fingerprint density at radius 2 is 1.76 bits per heavy atom. The van der Waals surface area contributed by atoms with Gasteiger partial charge in [-0.15, -0.1) is 0 Å². The number of fused-ring (bicyclic) bond motifs is 3. The summed E-state index contributed by atoms with van der Waals surface area (Å²) in [5.41, 5.74) is 4.63. The minimum absolute atomic E-state index is 0.216. The van der Waals surface area contributed by atoms with Gasteiger partial charge in [-0.3, -0.25) is 14.2 Å². The highest BCUT2D eigenvalue weighted by atomic mass is 35.5. The minimum Gasteiger partial charge on any atom is -0.361 e. The molecule has 3 aromatic carbocycles. The Morgan fingerprint density at radius 1 is 0.929 bits per heavy atom. The zero-order valence-corrected chi connectivity index (χ0v) is 23.4. The first-order valence-corrected chi connectivity index (χ1v) is 13.7. The molecule has 4 heterocycles. The molecule has 0 unspecified atom stereocenters. The van der Waals surface area contributed by atoms with Crippen LogP contribution >= 0.6 is 11.6 Å². The lowest BCUT2D eigenvalue weighted by atomic mass is 9.97. The third-order valence-corrected chi connectivity index (χ3v) is 7.94. The van der Waals surface area contributed by atoms with Gasteiger partial charge in [0.25, 0.3) is 5.56 Å². The Hall–Kier alpha value is -5.28. The topological polar surface area (TPSA) is 110 Å². The second-order valence-electron chi connectivity index (χ2n) is 10.1. The lowest BCUT2D eigenvalue weighted by Gasteiger charge is -2.24. The molecule has 2 N–H and O–H groups in total. The average Bonchev–Trinajstić information content (AvgIpc) is 3.38. The van der Waals surface area contributed by atoms with Gasteiger partial charge in [0.05, 0.1) is 39.5 Å². The maximum atomic E-state index is 14.6. The summed E-state index contributed by atoms with van der Waals surface area (Å²) in [5, 5.41) is 5.20. The van der Waals surface area contributed by atoms with Crippen LogP contribution in [0.15, 0.2) is 101 Å². The number of aryl methyl sites for hydroxylation is 1. The van der Waals surface area contributed by atoms with E-state index < -0.39 is 6.04 Å². The Bertz CT molecular complexity index is 2270. The van der Waals surface area contributed by atoms with Crippen molar-refractivity contribution in [3.05, 3.63) is 123 Å². The van der Waals surface area contributed by atoms with E-state index in [0.717, 1.165) is 22.2 Å². The van der Waals surface area contributed by atoms with Crippen LogP contribution in [0.1, 0.15) is 18.7 Å². The van der Waals surface area contributed by atoms with E-state index in [4.69, 9.17) is 11.6 Å². The molecular formula is C32H24ClN7O2. The molecule has 0 fully saturated rings. The number of para-hydroxylation sites is 1. The lowest BCUT2D eigenvalue weighted by Crippen LogP contribution is -2.27. The molecule has 4 aromatic heterocycles. The Balaban J connectivity index is 1.48. The fourth-order valence-electron chi connectivity index (χ4n) is 5.58. The number of halogens is 1. The minimum atomic E-state index is -0.527. The van der Waals surface area contributed by atoms with Crippen molar-refractivity contribution in [3.63, 3.8) is 0 Å². The third-order valence-electron chi connectivity index (χ3n) is 7.55. The fraction of sp³-hybridized carbons (Fsp3) is 0.0938. The molecule has 0 aliphatic rings. The van der Waals surface area contributed by atoms with E-state index in [1.54, 1.807) is 17.1 Å². The van der Waals surface area contributed by atoms with E-state index in [9.17, 15) is 9.59 Å². The smallest absolute Gasteiger partial charge is 0.263 e. The van der Waals surface area contributed by atoms with Crippen molar-refractivity contribution in [1.82, 2.24) is 29.1 Å². The zero-order chi connectivity index (χ0) is 29.0. The summed E-state index contributed by atoms with van der Waals surface area (Å²) >= 11 is 7.22. The first-order chi connectivity index (χ1) is 20.4. The van der Waals surface area contributed by atoms with Crippen LogP contribution in [0.4, 0.5) is 5.82 Å². The van der Waals surface area contributed by atoms with Crippen LogP contribution in [0.5, 0.6) is 0 Å². The number of anilines is 1. The summed E-state index contributed by atoms with van der Waals surface area (Å²) in [4.78, 5) is 43.3. The van der Waals surface area contributed by atoms with Crippen molar-refractivity contribution in [3.8, 4) is 16.8 Å². The molecule has 0 aliphatic carbocycles. The molecule has 42 heavy (non-hydrogen) atoms. The maximum absolute atomic E-state index is 14.6. The molecule has 1 atom stereocenters. The fourth-order valence-corrected chi connectivity index (χ4v) is 5.98. The van der Waals surface area contributed by atoms with Crippen LogP contribution in [-0.2, 0) is 7.05 Å². The van der Waals surface area contributed by atoms with Gasteiger partial charge in [0.1, 0.15) is 23.2 Å². The lowest BCUT2D eigenvalue weighted by molar-refractivity contribution is 0.774. The molecule has 0 aliphatic heterocycles. The van der Waals surface area contributed by atoms with Crippen LogP contribution in [-0.4, -0.2) is 29.1 Å². The van der Waals surface area contributed by atoms with Crippen molar-refractivity contribution in [2.75, 3.05) is 5.32 Å². The molecule has 0 amide bonds. The SMILES string of the molecule is C[C@H](Nc1ncnc2[nH]ccc(=O)c12)c1c(Cl)c2cccc(-c3ccc4c(c3)ncn4C)c2c(=O)n1-c1ccccc1. The number of nitrogens with one attached hydrogen (secondary N) is 2. The number of H-pyrrole nitrogens is 1. The van der Waals surface area contributed by atoms with Crippen LogP contribution in [0.3, 0.4) is 0 Å². The summed E-state index contributed by atoms with van der Waals surface area (Å²) in [6.07, 6.45) is 4.69. The van der Waals surface area contributed by atoms with Gasteiger partial charge in [-0.1, -0.05) is 54.1 Å². The number of pyridine rings is 2. The molecule has 0 saturated carbocycles. The van der Waals surface area contributed by atoms with Crippen LogP contribution in [0.25, 0.3) is 49.7 Å². The number of nitrogens with zero attached hydrogens (tertiary/aromatic N) is 5. The van der Waals surface area contributed by atoms with Gasteiger partial charge in [0.2, 0.25) is 0 Å². The van der Waals surface area contributed by atoms with Gasteiger partial charge in [-0.05, 0) is 42.3 Å². The number of aromatic nitrogens is 6. The third kappa shape index (κ3) is 4.05. The highest BCUT2D eigenvalue weighted by Crippen LogP contribution is 2.37. The summed E-state index contributed by atoms with van der Waals surface area (Å²) in [6, 6.07) is 22.0. The Kier molecular flexibility index (Phi) is 6.09. The zero-order valence-electron chi connectivity index (χ0n) is 22.7. The van der Waals surface area contributed by atoms with Crippen molar-refractivity contribution >= 4 is 50.3 Å². The monoisotopic (exact) mass is 573 g/mol. The molecule has 9 nitrogen and oxygen atoms in total. The molecular weight excluding hydrogens is 550 g/mol. The number of imidazole rings is 1. The van der Waals surface area contributed by atoms with Crippen molar-refractivity contribution in [2.24, 2.45) is 7.05 Å². The summed E-state index contributed by atoms with van der Waals surface area (Å²) in [5.74, 6) is 0.343. The van der Waals surface area contributed by atoms with Gasteiger partial charge in [0, 0.05) is 30.4 Å². The molecule has 7 aromatic rings. The van der Waals surface area contributed by atoms with Gasteiger partial charge in [-0.2, -0.15) is 0 Å². The quantitative estimate of drug-likeness (QED) is 0.261. The van der Waals surface area contributed by atoms with Gasteiger partial charge in [-0.25, -0.2) is 15.0 Å². The molecule has 0 spiro atoms. The highest BCUT2D eigenvalue weighted by molar-refractivity contribution is 6.36. The second-order valence-corrected chi connectivity index (χ2v) is 10.5. The van der Waals surface area contributed by atoms with Crippen molar-refractivity contribution in [2.45, 2.75) is 13.0 Å². The van der Waals surface area contributed by atoms with Gasteiger partial charge >= 0.3 is 0 Å². The molecule has 10 heteroatoms. The van der Waals surface area contributed by atoms with Crippen molar-refractivity contribution in [1.29, 1.82) is 0 Å². The van der Waals surface area contributed by atoms with E-state index in [0.29, 0.717) is 44.0 Å². The van der Waals surface area contributed by atoms with Gasteiger partial charge in [0.15, 0.2) is 5.43 Å². The maximum Gasteiger partial charge on any atom is 0.263 e. The average molecular weight is 574 g/mol. The highest BCUT2D eigenvalue weighted by Gasteiger charge is 2.24. The Morgan fingerprint density at radius 3 is 2.60 bits per heavy atom. The van der Waals surface area contributed by atoms with Crippen LogP contribution < -0.4 is 16.3 Å². The molecule has 7 rings (SSSR count). The van der Waals surface area contributed by atoms with Crippen molar-refractivity contribution < 1.29 is 0 Å². The predicted molar refractivity (Wildman–Crippen MR) is 166 cm³/mol. The Labute approximate surface area is 244 Å².